The van der Waals surface area contributed by atoms with Gasteiger partial charge < -0.3 is 10.5 Å². The summed E-state index contributed by atoms with van der Waals surface area (Å²) in [6.45, 7) is 0. The summed E-state index contributed by atoms with van der Waals surface area (Å²) < 4.78 is 18.0. The van der Waals surface area contributed by atoms with Crippen LogP contribution in [0.15, 0.2) is 36.4 Å². The fourth-order valence-electron chi connectivity index (χ4n) is 1.79. The molecular weight excluding hydrogens is 288 g/mol. The number of methoxy groups -OCH3 is 1. The highest BCUT2D eigenvalue weighted by molar-refractivity contribution is 6.34. The molecule has 0 bridgehead atoms. The molecule has 0 saturated carbocycles. The van der Waals surface area contributed by atoms with Crippen LogP contribution in [0.3, 0.4) is 0 Å². The molecule has 0 aromatic heterocycles. The molecule has 2 rings (SSSR count). The average Bonchev–Trinajstić information content (AvgIpc) is 2.41. The molecule has 0 radical (unpaired) electrons. The Bertz CT molecular complexity index is 587. The van der Waals surface area contributed by atoms with Gasteiger partial charge in [-0.2, -0.15) is 0 Å². The van der Waals surface area contributed by atoms with E-state index in [0.717, 1.165) is 5.56 Å². The molecule has 2 nitrogen and oxygen atoms in total. The number of nitrogens with two attached hydrogens (primary N) is 1. The summed E-state index contributed by atoms with van der Waals surface area (Å²) in [4.78, 5) is 0. The summed E-state index contributed by atoms with van der Waals surface area (Å²) in [6, 6.07) is 8.75. The van der Waals surface area contributed by atoms with Gasteiger partial charge in [0.25, 0.3) is 0 Å². The van der Waals surface area contributed by atoms with Crippen molar-refractivity contribution in [2.45, 2.75) is 6.04 Å². The van der Waals surface area contributed by atoms with Crippen LogP contribution in [0.2, 0.25) is 10.0 Å². The number of halogens is 3. The molecular formula is C14H12Cl2FNO. The Kier molecular flexibility index (Phi) is 4.30. The minimum absolute atomic E-state index is 0.310. The first-order chi connectivity index (χ1) is 9.02. The van der Waals surface area contributed by atoms with Gasteiger partial charge >= 0.3 is 0 Å². The number of rotatable bonds is 3. The van der Waals surface area contributed by atoms with Crippen LogP contribution in [0, 0.1) is 5.82 Å². The first-order valence-electron chi connectivity index (χ1n) is 5.57. The Morgan fingerprint density at radius 2 is 1.74 bits per heavy atom. The van der Waals surface area contributed by atoms with Gasteiger partial charge in [0.15, 0.2) is 0 Å². The van der Waals surface area contributed by atoms with E-state index in [4.69, 9.17) is 33.7 Å². The zero-order valence-electron chi connectivity index (χ0n) is 10.2. The molecule has 5 heteroatoms. The lowest BCUT2D eigenvalue weighted by atomic mass is 9.99. The molecule has 2 aromatic rings. The fraction of sp³-hybridized carbons (Fsp3) is 0.143. The van der Waals surface area contributed by atoms with Crippen molar-refractivity contribution in [2.75, 3.05) is 7.11 Å². The molecule has 1 unspecified atom stereocenters. The van der Waals surface area contributed by atoms with Crippen LogP contribution in [0.4, 0.5) is 4.39 Å². The van der Waals surface area contributed by atoms with E-state index in [9.17, 15) is 4.39 Å². The molecule has 0 aliphatic heterocycles. The molecule has 0 aliphatic carbocycles. The smallest absolute Gasteiger partial charge is 0.138 e. The molecule has 0 amide bonds. The highest BCUT2D eigenvalue weighted by Crippen LogP contribution is 2.35. The SMILES string of the molecule is COc1cc(Cl)c(C(N)c2ccc(F)cc2)cc1Cl. The number of hydrogen-bond acceptors (Lipinski definition) is 2. The number of ether oxygens (including phenoxy) is 1. The first-order valence-corrected chi connectivity index (χ1v) is 6.32. The lowest BCUT2D eigenvalue weighted by molar-refractivity contribution is 0.415. The van der Waals surface area contributed by atoms with Gasteiger partial charge in [0, 0.05) is 11.1 Å². The third-order valence-electron chi connectivity index (χ3n) is 2.84. The molecule has 1 atom stereocenters. The quantitative estimate of drug-likeness (QED) is 0.922. The topological polar surface area (TPSA) is 35.2 Å². The van der Waals surface area contributed by atoms with Crippen molar-refractivity contribution in [3.63, 3.8) is 0 Å². The number of hydrogen-bond donors (Lipinski definition) is 1. The molecule has 19 heavy (non-hydrogen) atoms. The van der Waals surface area contributed by atoms with E-state index in [0.29, 0.717) is 21.4 Å². The summed E-state index contributed by atoms with van der Waals surface area (Å²) in [5, 5.41) is 0.887. The van der Waals surface area contributed by atoms with E-state index in [-0.39, 0.29) is 5.82 Å². The van der Waals surface area contributed by atoms with Crippen molar-refractivity contribution in [1.29, 1.82) is 0 Å². The Morgan fingerprint density at radius 1 is 1.11 bits per heavy atom. The van der Waals surface area contributed by atoms with Gasteiger partial charge in [-0.05, 0) is 29.3 Å². The maximum Gasteiger partial charge on any atom is 0.138 e. The van der Waals surface area contributed by atoms with E-state index in [1.54, 1.807) is 24.3 Å². The molecule has 0 saturated heterocycles. The maximum atomic E-state index is 12.9. The molecule has 0 aliphatic rings. The average molecular weight is 300 g/mol. The second-order valence-corrected chi connectivity index (χ2v) is 4.85. The van der Waals surface area contributed by atoms with Crippen molar-refractivity contribution in [3.8, 4) is 5.75 Å². The van der Waals surface area contributed by atoms with Crippen LogP contribution < -0.4 is 10.5 Å². The van der Waals surface area contributed by atoms with Crippen LogP contribution in [-0.4, -0.2) is 7.11 Å². The normalized spacial score (nSPS) is 12.3. The van der Waals surface area contributed by atoms with Gasteiger partial charge in [-0.15, -0.1) is 0 Å². The summed E-state index contributed by atoms with van der Waals surface area (Å²) >= 11 is 12.2. The van der Waals surface area contributed by atoms with Crippen molar-refractivity contribution in [3.05, 3.63) is 63.4 Å². The number of benzene rings is 2. The van der Waals surface area contributed by atoms with Crippen LogP contribution in [0.25, 0.3) is 0 Å². The van der Waals surface area contributed by atoms with Crippen molar-refractivity contribution < 1.29 is 9.13 Å². The maximum absolute atomic E-state index is 12.9. The van der Waals surface area contributed by atoms with Crippen LogP contribution in [0.5, 0.6) is 5.75 Å². The highest BCUT2D eigenvalue weighted by Gasteiger charge is 2.15. The van der Waals surface area contributed by atoms with Crippen molar-refractivity contribution in [2.24, 2.45) is 5.73 Å². The van der Waals surface area contributed by atoms with Gasteiger partial charge in [0.05, 0.1) is 18.2 Å². The predicted molar refractivity (Wildman–Crippen MR) is 75.4 cm³/mol. The minimum Gasteiger partial charge on any atom is -0.495 e. The largest absolute Gasteiger partial charge is 0.495 e. The van der Waals surface area contributed by atoms with E-state index in [2.05, 4.69) is 0 Å². The van der Waals surface area contributed by atoms with Gasteiger partial charge in [-0.3, -0.25) is 0 Å². The third-order valence-corrected chi connectivity index (χ3v) is 3.46. The van der Waals surface area contributed by atoms with Gasteiger partial charge in [0.1, 0.15) is 11.6 Å². The van der Waals surface area contributed by atoms with Gasteiger partial charge in [0.2, 0.25) is 0 Å². The van der Waals surface area contributed by atoms with Crippen LogP contribution >= 0.6 is 23.2 Å². The van der Waals surface area contributed by atoms with Crippen LogP contribution in [-0.2, 0) is 0 Å². The van der Waals surface area contributed by atoms with Gasteiger partial charge in [-0.25, -0.2) is 4.39 Å². The molecule has 100 valence electrons. The lowest BCUT2D eigenvalue weighted by Crippen LogP contribution is -2.12. The second-order valence-electron chi connectivity index (χ2n) is 4.04. The van der Waals surface area contributed by atoms with Crippen molar-refractivity contribution >= 4 is 23.2 Å². The fourth-order valence-corrected chi connectivity index (χ4v) is 2.31. The summed E-state index contributed by atoms with van der Waals surface area (Å²) in [5.41, 5.74) is 7.54. The molecule has 0 fully saturated rings. The van der Waals surface area contributed by atoms with E-state index >= 15 is 0 Å². The Hall–Kier alpha value is -1.29. The summed E-state index contributed by atoms with van der Waals surface area (Å²) in [7, 11) is 1.51. The van der Waals surface area contributed by atoms with E-state index in [1.165, 1.54) is 19.2 Å². The van der Waals surface area contributed by atoms with Crippen molar-refractivity contribution in [1.82, 2.24) is 0 Å². The molecule has 0 heterocycles. The monoisotopic (exact) mass is 299 g/mol. The van der Waals surface area contributed by atoms with E-state index in [1.807, 2.05) is 0 Å². The third kappa shape index (κ3) is 3.00. The Labute approximate surface area is 120 Å². The van der Waals surface area contributed by atoms with E-state index < -0.39 is 6.04 Å². The predicted octanol–water partition coefficient (Wildman–Crippen LogP) is 4.19. The Balaban J connectivity index is 2.41. The zero-order valence-corrected chi connectivity index (χ0v) is 11.7. The lowest BCUT2D eigenvalue weighted by Gasteiger charge is -2.16. The molecule has 2 aromatic carbocycles. The summed E-state index contributed by atoms with van der Waals surface area (Å²) in [5.74, 6) is 0.177. The zero-order chi connectivity index (χ0) is 14.0. The second kappa shape index (κ2) is 5.78. The highest BCUT2D eigenvalue weighted by atomic mass is 35.5. The molecule has 0 spiro atoms. The molecule has 2 N–H and O–H groups in total. The van der Waals surface area contributed by atoms with Gasteiger partial charge in [-0.1, -0.05) is 35.3 Å². The summed E-state index contributed by atoms with van der Waals surface area (Å²) in [6.07, 6.45) is 0. The standard InChI is InChI=1S/C14H12Cl2FNO/c1-19-13-7-11(15)10(6-12(13)16)14(18)8-2-4-9(17)5-3-8/h2-7,14H,18H2,1H3. The first kappa shape index (κ1) is 14.1. The minimum atomic E-state index is -0.475. The van der Waals surface area contributed by atoms with Crippen LogP contribution in [0.1, 0.15) is 17.2 Å². The Morgan fingerprint density at radius 3 is 2.32 bits per heavy atom.